The van der Waals surface area contributed by atoms with E-state index in [-0.39, 0.29) is 0 Å². The van der Waals surface area contributed by atoms with Gasteiger partial charge in [-0.05, 0) is 37.0 Å². The Morgan fingerprint density at radius 1 is 1.42 bits per heavy atom. The van der Waals surface area contributed by atoms with Crippen LogP contribution in [0.2, 0.25) is 0 Å². The number of rotatable bonds is 4. The van der Waals surface area contributed by atoms with Crippen molar-refractivity contribution in [1.29, 1.82) is 0 Å². The van der Waals surface area contributed by atoms with Crippen molar-refractivity contribution in [3.05, 3.63) is 23.8 Å². The maximum absolute atomic E-state index is 11.7. The second-order valence-corrected chi connectivity index (χ2v) is 5.06. The van der Waals surface area contributed by atoms with E-state index < -0.39 is 5.97 Å². The van der Waals surface area contributed by atoms with E-state index in [9.17, 15) is 4.79 Å². The second kappa shape index (κ2) is 6.82. The van der Waals surface area contributed by atoms with Crippen molar-refractivity contribution in [3.8, 4) is 5.75 Å². The van der Waals surface area contributed by atoms with Crippen LogP contribution < -0.4 is 4.74 Å². The topological polar surface area (TPSA) is 44.8 Å². The Kier molecular flexibility index (Phi) is 5.10. The van der Waals surface area contributed by atoms with Crippen LogP contribution in [0.15, 0.2) is 23.1 Å². The average Bonchev–Trinajstić information content (AvgIpc) is 2.46. The maximum Gasteiger partial charge on any atom is 0.341 e. The fraction of sp³-hybridized carbons (Fsp3) is 0.500. The molecule has 0 spiro atoms. The quantitative estimate of drug-likeness (QED) is 0.681. The molecular formula is C14H18O4S. The molecule has 1 aromatic carbocycles. The molecule has 5 heteroatoms. The lowest BCUT2D eigenvalue weighted by molar-refractivity contribution is 0.0483. The zero-order valence-corrected chi connectivity index (χ0v) is 11.8. The predicted octanol–water partition coefficient (Wildman–Crippen LogP) is 2.57. The summed E-state index contributed by atoms with van der Waals surface area (Å²) in [6.07, 6.45) is 2.00. The van der Waals surface area contributed by atoms with Gasteiger partial charge in [0.25, 0.3) is 0 Å². The Labute approximate surface area is 118 Å². The summed E-state index contributed by atoms with van der Waals surface area (Å²) >= 11 is 4.22. The Balaban J connectivity index is 2.04. The summed E-state index contributed by atoms with van der Waals surface area (Å²) in [5, 5.41) is 0. The van der Waals surface area contributed by atoms with Crippen LogP contribution in [-0.4, -0.2) is 32.9 Å². The minimum Gasteiger partial charge on any atom is -0.492 e. The average molecular weight is 282 g/mol. The molecule has 0 radical (unpaired) electrons. The van der Waals surface area contributed by atoms with Crippen LogP contribution in [0.1, 0.15) is 23.2 Å². The molecule has 0 N–H and O–H groups in total. The van der Waals surface area contributed by atoms with E-state index in [0.29, 0.717) is 28.7 Å². The van der Waals surface area contributed by atoms with Gasteiger partial charge in [-0.25, -0.2) is 4.79 Å². The highest BCUT2D eigenvalue weighted by Crippen LogP contribution is 2.24. The number of methoxy groups -OCH3 is 1. The van der Waals surface area contributed by atoms with Crippen molar-refractivity contribution in [2.45, 2.75) is 17.7 Å². The van der Waals surface area contributed by atoms with E-state index in [1.54, 1.807) is 18.2 Å². The number of esters is 1. The molecule has 2 rings (SSSR count). The van der Waals surface area contributed by atoms with Crippen molar-refractivity contribution in [2.75, 3.05) is 26.9 Å². The zero-order valence-electron chi connectivity index (χ0n) is 10.9. The molecule has 0 saturated carbocycles. The minimum absolute atomic E-state index is 0.405. The molecule has 0 unspecified atom stereocenters. The van der Waals surface area contributed by atoms with Crippen LogP contribution >= 0.6 is 12.6 Å². The Bertz CT molecular complexity index is 441. The standard InChI is InChI=1S/C14H18O4S/c1-16-14(15)12-8-11(19)2-3-13(12)18-9-10-4-6-17-7-5-10/h2-3,8,10,19H,4-7,9H2,1H3. The summed E-state index contributed by atoms with van der Waals surface area (Å²) in [4.78, 5) is 12.4. The molecule has 1 heterocycles. The van der Waals surface area contributed by atoms with E-state index in [1.807, 2.05) is 0 Å². The van der Waals surface area contributed by atoms with Gasteiger partial charge in [0.2, 0.25) is 0 Å². The maximum atomic E-state index is 11.7. The van der Waals surface area contributed by atoms with E-state index >= 15 is 0 Å². The Hall–Kier alpha value is -1.20. The lowest BCUT2D eigenvalue weighted by Gasteiger charge is -2.22. The smallest absolute Gasteiger partial charge is 0.341 e. The molecule has 1 aliphatic heterocycles. The highest BCUT2D eigenvalue weighted by Gasteiger charge is 2.17. The van der Waals surface area contributed by atoms with Crippen molar-refractivity contribution in [2.24, 2.45) is 5.92 Å². The number of carbonyl (C=O) groups is 1. The van der Waals surface area contributed by atoms with Crippen molar-refractivity contribution < 1.29 is 19.0 Å². The fourth-order valence-corrected chi connectivity index (χ4v) is 2.24. The molecule has 0 aromatic heterocycles. The van der Waals surface area contributed by atoms with Crippen LogP contribution in [-0.2, 0) is 9.47 Å². The number of hydrogen-bond donors (Lipinski definition) is 1. The van der Waals surface area contributed by atoms with Crippen molar-refractivity contribution in [1.82, 2.24) is 0 Å². The molecule has 4 nitrogen and oxygen atoms in total. The second-order valence-electron chi connectivity index (χ2n) is 4.54. The number of thiol groups is 1. The molecule has 1 saturated heterocycles. The Morgan fingerprint density at radius 2 is 2.16 bits per heavy atom. The molecule has 1 aliphatic rings. The van der Waals surface area contributed by atoms with Gasteiger partial charge in [0.15, 0.2) is 0 Å². The first-order valence-corrected chi connectivity index (χ1v) is 6.77. The summed E-state index contributed by atoms with van der Waals surface area (Å²) in [5.74, 6) is 0.629. The van der Waals surface area contributed by atoms with Crippen LogP contribution in [0.25, 0.3) is 0 Å². The minimum atomic E-state index is -0.405. The highest BCUT2D eigenvalue weighted by molar-refractivity contribution is 7.80. The van der Waals surface area contributed by atoms with Gasteiger partial charge in [-0.2, -0.15) is 0 Å². The first-order valence-electron chi connectivity index (χ1n) is 6.32. The number of benzene rings is 1. The summed E-state index contributed by atoms with van der Waals surface area (Å²) in [6, 6.07) is 5.22. The van der Waals surface area contributed by atoms with Crippen LogP contribution in [0, 0.1) is 5.92 Å². The van der Waals surface area contributed by atoms with Gasteiger partial charge in [0.05, 0.1) is 13.7 Å². The number of hydrogen-bond acceptors (Lipinski definition) is 5. The molecule has 0 amide bonds. The van der Waals surface area contributed by atoms with Gasteiger partial charge >= 0.3 is 5.97 Å². The van der Waals surface area contributed by atoms with E-state index in [1.165, 1.54) is 7.11 Å². The SMILES string of the molecule is COC(=O)c1cc(S)ccc1OCC1CCOCC1. The van der Waals surface area contributed by atoms with Gasteiger partial charge < -0.3 is 14.2 Å². The molecule has 0 bridgehead atoms. The normalized spacial score (nSPS) is 16.1. The molecular weight excluding hydrogens is 264 g/mol. The number of ether oxygens (including phenoxy) is 3. The van der Waals surface area contributed by atoms with Crippen molar-refractivity contribution >= 4 is 18.6 Å². The summed E-state index contributed by atoms with van der Waals surface area (Å²) < 4.78 is 15.8. The van der Waals surface area contributed by atoms with Gasteiger partial charge in [-0.1, -0.05) is 0 Å². The third-order valence-corrected chi connectivity index (χ3v) is 3.46. The largest absolute Gasteiger partial charge is 0.492 e. The zero-order chi connectivity index (χ0) is 13.7. The van der Waals surface area contributed by atoms with E-state index in [2.05, 4.69) is 12.6 Å². The van der Waals surface area contributed by atoms with Crippen molar-refractivity contribution in [3.63, 3.8) is 0 Å². The first-order chi connectivity index (χ1) is 9.20. The van der Waals surface area contributed by atoms with Gasteiger partial charge in [-0.15, -0.1) is 12.6 Å². The molecule has 19 heavy (non-hydrogen) atoms. The molecule has 104 valence electrons. The van der Waals surface area contributed by atoms with E-state index in [4.69, 9.17) is 14.2 Å². The van der Waals surface area contributed by atoms with Crippen LogP contribution in [0.4, 0.5) is 0 Å². The van der Waals surface area contributed by atoms with Gasteiger partial charge in [0.1, 0.15) is 11.3 Å². The third-order valence-electron chi connectivity index (χ3n) is 3.18. The summed E-state index contributed by atoms with van der Waals surface area (Å²) in [7, 11) is 1.36. The third kappa shape index (κ3) is 3.88. The fourth-order valence-electron chi connectivity index (χ4n) is 2.03. The molecule has 1 fully saturated rings. The highest BCUT2D eigenvalue weighted by atomic mass is 32.1. The predicted molar refractivity (Wildman–Crippen MR) is 74.1 cm³/mol. The van der Waals surface area contributed by atoms with Crippen LogP contribution in [0.5, 0.6) is 5.75 Å². The molecule has 0 aliphatic carbocycles. The summed E-state index contributed by atoms with van der Waals surface area (Å²) in [6.45, 7) is 2.17. The number of carbonyl (C=O) groups excluding carboxylic acids is 1. The van der Waals surface area contributed by atoms with Crippen LogP contribution in [0.3, 0.4) is 0 Å². The summed E-state index contributed by atoms with van der Waals surface area (Å²) in [5.41, 5.74) is 0.419. The Morgan fingerprint density at radius 3 is 2.84 bits per heavy atom. The monoisotopic (exact) mass is 282 g/mol. The first kappa shape index (κ1) is 14.2. The van der Waals surface area contributed by atoms with Gasteiger partial charge in [-0.3, -0.25) is 0 Å². The lowest BCUT2D eigenvalue weighted by atomic mass is 10.0. The molecule has 1 aromatic rings. The lowest BCUT2D eigenvalue weighted by Crippen LogP contribution is -2.22. The molecule has 0 atom stereocenters. The van der Waals surface area contributed by atoms with Gasteiger partial charge in [0, 0.05) is 18.1 Å². The van der Waals surface area contributed by atoms with E-state index in [0.717, 1.165) is 26.1 Å².